The molecule has 2 amide bonds. The van der Waals surface area contributed by atoms with E-state index in [1.807, 2.05) is 13.8 Å². The van der Waals surface area contributed by atoms with Crippen LogP contribution in [-0.4, -0.2) is 42.9 Å². The summed E-state index contributed by atoms with van der Waals surface area (Å²) < 4.78 is 10.7. The highest BCUT2D eigenvalue weighted by molar-refractivity contribution is 5.73. The first-order valence-corrected chi connectivity index (χ1v) is 9.54. The maximum Gasteiger partial charge on any atom is 0.317 e. The molecule has 0 aliphatic heterocycles. The Balaban J connectivity index is 2.01. The van der Waals surface area contributed by atoms with Gasteiger partial charge in [-0.3, -0.25) is 0 Å². The minimum absolute atomic E-state index is 0.0871. The number of aryl methyl sites for hydroxylation is 2. The minimum Gasteiger partial charge on any atom is -0.381 e. The van der Waals surface area contributed by atoms with Crippen LogP contribution in [0.25, 0.3) is 0 Å². The van der Waals surface area contributed by atoms with E-state index in [0.29, 0.717) is 19.7 Å². The number of carbonyl (C=O) groups excluding carboxylic acids is 1. The van der Waals surface area contributed by atoms with Crippen LogP contribution in [0.1, 0.15) is 68.9 Å². The molecule has 0 saturated carbocycles. The van der Waals surface area contributed by atoms with Gasteiger partial charge in [0.25, 0.3) is 0 Å². The van der Waals surface area contributed by atoms with Crippen molar-refractivity contribution in [3.05, 3.63) is 17.0 Å². The van der Waals surface area contributed by atoms with Gasteiger partial charge in [-0.25, -0.2) is 4.79 Å². The van der Waals surface area contributed by atoms with E-state index in [2.05, 4.69) is 17.4 Å². The van der Waals surface area contributed by atoms with E-state index in [1.165, 1.54) is 32.1 Å². The summed E-state index contributed by atoms with van der Waals surface area (Å²) in [6, 6.07) is -0.0871. The number of rotatable bonds is 13. The summed E-state index contributed by atoms with van der Waals surface area (Å²) in [6.45, 7) is 8.63. The van der Waals surface area contributed by atoms with Crippen molar-refractivity contribution < 1.29 is 14.1 Å². The van der Waals surface area contributed by atoms with Gasteiger partial charge >= 0.3 is 6.03 Å². The van der Waals surface area contributed by atoms with Crippen LogP contribution in [0.5, 0.6) is 0 Å². The Hall–Kier alpha value is -1.56. The predicted octanol–water partition coefficient (Wildman–Crippen LogP) is 4.20. The molecule has 1 aromatic heterocycles. The van der Waals surface area contributed by atoms with E-state index >= 15 is 0 Å². The van der Waals surface area contributed by atoms with E-state index in [-0.39, 0.29) is 6.03 Å². The molecule has 0 atom stereocenters. The molecule has 0 unspecified atom stereocenters. The van der Waals surface area contributed by atoms with Gasteiger partial charge in [0.2, 0.25) is 0 Å². The van der Waals surface area contributed by atoms with Crippen molar-refractivity contribution in [1.29, 1.82) is 0 Å². The summed E-state index contributed by atoms with van der Waals surface area (Å²) in [4.78, 5) is 13.7. The molecule has 0 aromatic carbocycles. The number of urea groups is 1. The third-order valence-electron chi connectivity index (χ3n) is 4.31. The number of aromatic nitrogens is 1. The van der Waals surface area contributed by atoms with Gasteiger partial charge < -0.3 is 19.5 Å². The zero-order valence-corrected chi connectivity index (χ0v) is 16.4. The molecule has 1 aromatic rings. The lowest BCUT2D eigenvalue weighted by atomic mass is 10.1. The Bertz CT molecular complexity index is 469. The number of hydrogen-bond donors (Lipinski definition) is 1. The smallest absolute Gasteiger partial charge is 0.317 e. The topological polar surface area (TPSA) is 67.6 Å². The number of hydrogen-bond acceptors (Lipinski definition) is 4. The fourth-order valence-corrected chi connectivity index (χ4v) is 2.63. The number of nitrogens with zero attached hydrogens (tertiary/aromatic N) is 2. The van der Waals surface area contributed by atoms with Crippen LogP contribution in [0.3, 0.4) is 0 Å². The van der Waals surface area contributed by atoms with Gasteiger partial charge in [-0.15, -0.1) is 0 Å². The molecule has 0 aliphatic carbocycles. The van der Waals surface area contributed by atoms with E-state index in [1.54, 1.807) is 11.9 Å². The maximum absolute atomic E-state index is 12.1. The van der Waals surface area contributed by atoms with Gasteiger partial charge in [-0.2, -0.15) is 0 Å². The summed E-state index contributed by atoms with van der Waals surface area (Å²) in [6.07, 6.45) is 8.50. The number of carbonyl (C=O) groups is 1. The second-order valence-corrected chi connectivity index (χ2v) is 6.62. The Kier molecular flexibility index (Phi) is 11.0. The third kappa shape index (κ3) is 8.91. The molecular formula is C19H35N3O3. The molecular weight excluding hydrogens is 318 g/mol. The van der Waals surface area contributed by atoms with Gasteiger partial charge in [0, 0.05) is 32.4 Å². The molecule has 0 spiro atoms. The van der Waals surface area contributed by atoms with Gasteiger partial charge in [0.1, 0.15) is 5.76 Å². The van der Waals surface area contributed by atoms with Crippen LogP contribution in [-0.2, 0) is 11.3 Å². The number of amides is 2. The lowest BCUT2D eigenvalue weighted by molar-refractivity contribution is 0.127. The lowest BCUT2D eigenvalue weighted by Crippen LogP contribution is -2.37. The first kappa shape index (κ1) is 21.5. The normalized spacial score (nSPS) is 10.9. The minimum atomic E-state index is -0.0871. The van der Waals surface area contributed by atoms with Crippen molar-refractivity contribution >= 4 is 6.03 Å². The monoisotopic (exact) mass is 353 g/mol. The number of nitrogens with one attached hydrogen (secondary N) is 1. The average molecular weight is 354 g/mol. The SMILES string of the molecule is CCCCCCCCOCCCNC(=O)N(C)Cc1c(C)noc1C. The summed E-state index contributed by atoms with van der Waals surface area (Å²) in [5.74, 6) is 0.764. The summed E-state index contributed by atoms with van der Waals surface area (Å²) in [7, 11) is 1.77. The molecule has 25 heavy (non-hydrogen) atoms. The fraction of sp³-hybridized carbons (Fsp3) is 0.789. The standard InChI is InChI=1S/C19H35N3O3/c1-5-6-7-8-9-10-13-24-14-11-12-20-19(23)22(4)15-18-16(2)21-25-17(18)3/h5-15H2,1-4H3,(H,20,23). The molecule has 0 saturated heterocycles. The Morgan fingerprint density at radius 3 is 2.48 bits per heavy atom. The quantitative estimate of drug-likeness (QED) is 0.540. The van der Waals surface area contributed by atoms with E-state index in [9.17, 15) is 4.79 Å². The zero-order chi connectivity index (χ0) is 18.5. The van der Waals surface area contributed by atoms with E-state index < -0.39 is 0 Å². The molecule has 0 bridgehead atoms. The molecule has 1 N–H and O–H groups in total. The molecule has 144 valence electrons. The van der Waals surface area contributed by atoms with Crippen molar-refractivity contribution in [2.45, 2.75) is 72.3 Å². The van der Waals surface area contributed by atoms with Crippen LogP contribution >= 0.6 is 0 Å². The number of unbranched alkanes of at least 4 members (excludes halogenated alkanes) is 5. The first-order valence-electron chi connectivity index (χ1n) is 9.54. The summed E-state index contributed by atoms with van der Waals surface area (Å²) >= 11 is 0. The van der Waals surface area contributed by atoms with Crippen LogP contribution in [0.4, 0.5) is 4.79 Å². The maximum atomic E-state index is 12.1. The van der Waals surface area contributed by atoms with Crippen LogP contribution in [0.15, 0.2) is 4.52 Å². The molecule has 1 heterocycles. The largest absolute Gasteiger partial charge is 0.381 e. The molecule has 0 radical (unpaired) electrons. The fourth-order valence-electron chi connectivity index (χ4n) is 2.63. The molecule has 6 heteroatoms. The predicted molar refractivity (Wildman–Crippen MR) is 99.7 cm³/mol. The van der Waals surface area contributed by atoms with Crippen molar-refractivity contribution in [2.24, 2.45) is 0 Å². The molecule has 1 rings (SSSR count). The highest BCUT2D eigenvalue weighted by atomic mass is 16.5. The van der Waals surface area contributed by atoms with Crippen molar-refractivity contribution in [1.82, 2.24) is 15.4 Å². The zero-order valence-electron chi connectivity index (χ0n) is 16.4. The molecule has 6 nitrogen and oxygen atoms in total. The van der Waals surface area contributed by atoms with Crippen LogP contribution in [0.2, 0.25) is 0 Å². The highest BCUT2D eigenvalue weighted by Crippen LogP contribution is 2.14. The summed E-state index contributed by atoms with van der Waals surface area (Å²) in [5, 5.41) is 6.83. The highest BCUT2D eigenvalue weighted by Gasteiger charge is 2.14. The van der Waals surface area contributed by atoms with Gasteiger partial charge in [0.15, 0.2) is 0 Å². The number of ether oxygens (including phenoxy) is 1. The van der Waals surface area contributed by atoms with E-state index in [0.717, 1.165) is 36.5 Å². The lowest BCUT2D eigenvalue weighted by Gasteiger charge is -2.17. The van der Waals surface area contributed by atoms with Crippen LogP contribution < -0.4 is 5.32 Å². The van der Waals surface area contributed by atoms with Crippen molar-refractivity contribution in [3.63, 3.8) is 0 Å². The third-order valence-corrected chi connectivity index (χ3v) is 4.31. The van der Waals surface area contributed by atoms with Gasteiger partial charge in [0.05, 0.1) is 12.2 Å². The van der Waals surface area contributed by atoms with Gasteiger partial charge in [-0.05, 0) is 26.7 Å². The first-order chi connectivity index (χ1) is 12.1. The molecule has 0 aliphatic rings. The Labute approximate surface area is 152 Å². The molecule has 0 fully saturated rings. The Morgan fingerprint density at radius 2 is 1.80 bits per heavy atom. The van der Waals surface area contributed by atoms with Crippen LogP contribution in [0, 0.1) is 13.8 Å². The van der Waals surface area contributed by atoms with Crippen molar-refractivity contribution in [3.8, 4) is 0 Å². The second-order valence-electron chi connectivity index (χ2n) is 6.62. The second kappa shape index (κ2) is 12.8. The summed E-state index contributed by atoms with van der Waals surface area (Å²) in [5.41, 5.74) is 1.81. The van der Waals surface area contributed by atoms with Crippen molar-refractivity contribution in [2.75, 3.05) is 26.8 Å². The van der Waals surface area contributed by atoms with Gasteiger partial charge in [-0.1, -0.05) is 44.2 Å². The average Bonchev–Trinajstić information content (AvgIpc) is 2.91. The van der Waals surface area contributed by atoms with E-state index in [4.69, 9.17) is 9.26 Å². The Morgan fingerprint density at radius 1 is 1.12 bits per heavy atom.